The number of nitrogens with one attached hydrogen (secondary N) is 1. The molecule has 0 spiro atoms. The second-order valence-electron chi connectivity index (χ2n) is 6.94. The molecule has 3 heterocycles. The van der Waals surface area contributed by atoms with Crippen LogP contribution in [0.5, 0.6) is 5.75 Å². The number of amidine groups is 1. The van der Waals surface area contributed by atoms with Crippen LogP contribution < -0.4 is 15.0 Å². The molecule has 0 radical (unpaired) electrons. The van der Waals surface area contributed by atoms with E-state index in [1.165, 1.54) is 42.3 Å². The molecule has 0 saturated heterocycles. The Hall–Kier alpha value is -2.96. The van der Waals surface area contributed by atoms with Crippen molar-refractivity contribution >= 4 is 55.0 Å². The van der Waals surface area contributed by atoms with Crippen molar-refractivity contribution in [2.24, 2.45) is 4.40 Å². The van der Waals surface area contributed by atoms with Gasteiger partial charge in [-0.25, -0.2) is 17.8 Å². The van der Waals surface area contributed by atoms with E-state index in [9.17, 15) is 17.6 Å². The van der Waals surface area contributed by atoms with Crippen LogP contribution in [0.1, 0.15) is 10.4 Å². The second kappa shape index (κ2) is 7.87. The Kier molecular flexibility index (Phi) is 5.14. The van der Waals surface area contributed by atoms with Crippen LogP contribution in [-0.4, -0.2) is 43.9 Å². The van der Waals surface area contributed by atoms with Gasteiger partial charge < -0.3 is 9.64 Å². The predicted octanol–water partition coefficient (Wildman–Crippen LogP) is 3.82. The van der Waals surface area contributed by atoms with E-state index in [2.05, 4.69) is 14.7 Å². The molecule has 0 fully saturated rings. The zero-order chi connectivity index (χ0) is 22.5. The number of hydrogen-bond donors (Lipinski definition) is 1. The van der Waals surface area contributed by atoms with Gasteiger partial charge in [0.1, 0.15) is 0 Å². The highest BCUT2D eigenvalue weighted by Gasteiger charge is 2.33. The average molecular weight is 491 g/mol. The predicted molar refractivity (Wildman–Crippen MR) is 123 cm³/mol. The Labute approximate surface area is 191 Å². The van der Waals surface area contributed by atoms with Gasteiger partial charge in [0.2, 0.25) is 0 Å². The standard InChI is InChI=1S/C20H15FN4O4S3/c1-29-16-5-3-11(8-13(16)21)14-10-30-19(22-14)23-18(26)12-2-4-15-17(9-12)31-20-24-32(27,28)7-6-25(15)20/h2-5,8-10H,6-7H2,1H3,(H,22,23,26). The summed E-state index contributed by atoms with van der Waals surface area (Å²) in [6.45, 7) is 0.334. The Morgan fingerprint density at radius 2 is 2.09 bits per heavy atom. The number of fused-ring (bicyclic) bond motifs is 3. The van der Waals surface area contributed by atoms with Crippen molar-refractivity contribution in [3.8, 4) is 17.0 Å². The van der Waals surface area contributed by atoms with Crippen LogP contribution in [0.25, 0.3) is 11.3 Å². The van der Waals surface area contributed by atoms with Crippen molar-refractivity contribution in [3.05, 3.63) is 53.2 Å². The summed E-state index contributed by atoms with van der Waals surface area (Å²) >= 11 is 2.45. The molecule has 2 aliphatic rings. The first-order valence-corrected chi connectivity index (χ1v) is 12.7. The van der Waals surface area contributed by atoms with Crippen LogP contribution in [0.3, 0.4) is 0 Å². The van der Waals surface area contributed by atoms with E-state index >= 15 is 0 Å². The number of sulfonamides is 1. The van der Waals surface area contributed by atoms with Crippen molar-refractivity contribution in [2.75, 3.05) is 29.6 Å². The molecule has 0 bridgehead atoms. The van der Waals surface area contributed by atoms with Crippen molar-refractivity contribution in [1.29, 1.82) is 0 Å². The highest BCUT2D eigenvalue weighted by molar-refractivity contribution is 8.15. The van der Waals surface area contributed by atoms with Crippen LogP contribution in [-0.2, 0) is 10.0 Å². The number of aromatic nitrogens is 1. The van der Waals surface area contributed by atoms with E-state index < -0.39 is 15.8 Å². The molecular weight excluding hydrogens is 475 g/mol. The van der Waals surface area contributed by atoms with Gasteiger partial charge in [-0.05, 0) is 48.2 Å². The van der Waals surface area contributed by atoms with Crippen LogP contribution >= 0.6 is 23.1 Å². The summed E-state index contributed by atoms with van der Waals surface area (Å²) in [7, 11) is -2.04. The van der Waals surface area contributed by atoms with Crippen molar-refractivity contribution in [3.63, 3.8) is 0 Å². The molecule has 12 heteroatoms. The van der Waals surface area contributed by atoms with Gasteiger partial charge in [0.15, 0.2) is 21.9 Å². The molecule has 164 valence electrons. The fraction of sp³-hybridized carbons (Fsp3) is 0.150. The molecule has 0 saturated carbocycles. The molecule has 1 N–H and O–H groups in total. The number of halogens is 1. The van der Waals surface area contributed by atoms with Crippen LogP contribution in [0.4, 0.5) is 15.2 Å². The van der Waals surface area contributed by atoms with Crippen molar-refractivity contribution in [1.82, 2.24) is 4.98 Å². The van der Waals surface area contributed by atoms with Gasteiger partial charge in [-0.2, -0.15) is 0 Å². The number of anilines is 2. The summed E-state index contributed by atoms with van der Waals surface area (Å²) < 4.78 is 46.2. The molecule has 1 aromatic heterocycles. The number of methoxy groups -OCH3 is 1. The van der Waals surface area contributed by atoms with Gasteiger partial charge in [0.05, 0.1) is 24.2 Å². The minimum Gasteiger partial charge on any atom is -0.494 e. The van der Waals surface area contributed by atoms with E-state index in [0.717, 1.165) is 10.6 Å². The summed E-state index contributed by atoms with van der Waals surface area (Å²) in [5, 5.41) is 5.26. The van der Waals surface area contributed by atoms with Gasteiger partial charge >= 0.3 is 0 Å². The average Bonchev–Trinajstić information content (AvgIpc) is 3.36. The number of benzene rings is 2. The lowest BCUT2D eigenvalue weighted by molar-refractivity contribution is 0.102. The number of ether oxygens (including phenoxy) is 1. The molecule has 32 heavy (non-hydrogen) atoms. The highest BCUT2D eigenvalue weighted by Crippen LogP contribution is 2.42. The first kappa shape index (κ1) is 20.9. The van der Waals surface area contributed by atoms with E-state index in [1.54, 1.807) is 29.6 Å². The molecule has 2 aromatic carbocycles. The Balaban J connectivity index is 1.34. The van der Waals surface area contributed by atoms with E-state index in [4.69, 9.17) is 4.74 Å². The van der Waals surface area contributed by atoms with Gasteiger partial charge in [-0.3, -0.25) is 10.1 Å². The molecular formula is C20H15FN4O4S3. The zero-order valence-corrected chi connectivity index (χ0v) is 19.0. The number of carbonyl (C=O) groups is 1. The molecule has 0 aliphatic carbocycles. The SMILES string of the molecule is COc1ccc(-c2csc(NC(=O)c3ccc4c(c3)SC3=NS(=O)(=O)CCN34)n2)cc1F. The lowest BCUT2D eigenvalue weighted by Gasteiger charge is -2.22. The smallest absolute Gasteiger partial charge is 0.257 e. The summed E-state index contributed by atoms with van der Waals surface area (Å²) in [6.07, 6.45) is 0. The molecule has 3 aromatic rings. The molecule has 5 rings (SSSR count). The lowest BCUT2D eigenvalue weighted by Crippen LogP contribution is -2.35. The largest absolute Gasteiger partial charge is 0.494 e. The number of rotatable bonds is 4. The highest BCUT2D eigenvalue weighted by atomic mass is 32.2. The Bertz CT molecular complexity index is 1390. The summed E-state index contributed by atoms with van der Waals surface area (Å²) in [4.78, 5) is 19.7. The van der Waals surface area contributed by atoms with Crippen LogP contribution in [0.15, 0.2) is 51.1 Å². The van der Waals surface area contributed by atoms with Gasteiger partial charge in [-0.15, -0.1) is 15.7 Å². The number of amides is 1. The molecule has 0 unspecified atom stereocenters. The van der Waals surface area contributed by atoms with Crippen LogP contribution in [0, 0.1) is 5.82 Å². The van der Waals surface area contributed by atoms with Gasteiger partial charge in [0.25, 0.3) is 15.9 Å². The molecule has 0 atom stereocenters. The Morgan fingerprint density at radius 3 is 2.88 bits per heavy atom. The second-order valence-corrected chi connectivity index (χ2v) is 10.6. The third kappa shape index (κ3) is 3.85. The van der Waals surface area contributed by atoms with Gasteiger partial charge in [-0.1, -0.05) is 0 Å². The van der Waals surface area contributed by atoms with Crippen molar-refractivity contribution in [2.45, 2.75) is 4.90 Å². The first-order chi connectivity index (χ1) is 15.3. The third-order valence-corrected chi connectivity index (χ3v) is 7.97. The maximum atomic E-state index is 14.0. The quantitative estimate of drug-likeness (QED) is 0.593. The van der Waals surface area contributed by atoms with Crippen LogP contribution in [0.2, 0.25) is 0 Å². The third-order valence-electron chi connectivity index (χ3n) is 4.91. The van der Waals surface area contributed by atoms with E-state index in [1.807, 2.05) is 4.90 Å². The maximum Gasteiger partial charge on any atom is 0.257 e. The minimum atomic E-state index is -3.44. The fourth-order valence-corrected chi connectivity index (χ4v) is 6.34. The monoisotopic (exact) mass is 490 g/mol. The van der Waals surface area contributed by atoms with E-state index in [-0.39, 0.29) is 17.4 Å². The lowest BCUT2D eigenvalue weighted by atomic mass is 10.1. The van der Waals surface area contributed by atoms with Gasteiger partial charge in [0, 0.05) is 27.9 Å². The number of nitrogens with zero attached hydrogens (tertiary/aromatic N) is 3. The van der Waals surface area contributed by atoms with Crippen molar-refractivity contribution < 1.29 is 22.3 Å². The first-order valence-electron chi connectivity index (χ1n) is 9.36. The number of thioether (sulfide) groups is 1. The number of hydrogen-bond acceptors (Lipinski definition) is 8. The topological polar surface area (TPSA) is 101 Å². The van der Waals surface area contributed by atoms with E-state index in [0.29, 0.717) is 33.7 Å². The number of thiazole rings is 1. The Morgan fingerprint density at radius 1 is 1.25 bits per heavy atom. The maximum absolute atomic E-state index is 14.0. The summed E-state index contributed by atoms with van der Waals surface area (Å²) in [6, 6.07) is 9.70. The minimum absolute atomic E-state index is 0.0385. The fourth-order valence-electron chi connectivity index (χ4n) is 3.33. The normalized spacial score (nSPS) is 16.2. The molecule has 1 amide bonds. The zero-order valence-electron chi connectivity index (χ0n) is 16.5. The number of carbonyl (C=O) groups excluding carboxylic acids is 1. The molecule has 2 aliphatic heterocycles. The summed E-state index contributed by atoms with van der Waals surface area (Å²) in [5.74, 6) is -0.738. The summed E-state index contributed by atoms with van der Waals surface area (Å²) in [5.41, 5.74) is 2.35. The molecule has 8 nitrogen and oxygen atoms in total.